The van der Waals surface area contributed by atoms with Crippen molar-refractivity contribution in [2.45, 2.75) is 32.4 Å². The molecule has 1 saturated heterocycles. The summed E-state index contributed by atoms with van der Waals surface area (Å²) in [7, 11) is 3.96. The van der Waals surface area contributed by atoms with Gasteiger partial charge in [0, 0.05) is 44.1 Å². The average Bonchev–Trinajstić information content (AvgIpc) is 2.74. The van der Waals surface area contributed by atoms with Crippen LogP contribution in [-0.2, 0) is 0 Å². The third-order valence-corrected chi connectivity index (χ3v) is 5.87. The second kappa shape index (κ2) is 7.78. The van der Waals surface area contributed by atoms with E-state index in [1.165, 1.54) is 0 Å². The highest BCUT2D eigenvalue weighted by Crippen LogP contribution is 2.35. The Bertz CT molecular complexity index is 923. The molecule has 1 atom stereocenters. The molecule has 29 heavy (non-hydrogen) atoms. The molecule has 2 aromatic carbocycles. The van der Waals surface area contributed by atoms with Crippen molar-refractivity contribution < 1.29 is 9.59 Å². The molecule has 0 aliphatic carbocycles. The van der Waals surface area contributed by atoms with E-state index in [-0.39, 0.29) is 18.0 Å². The molecule has 0 aromatic heterocycles. The molecule has 0 saturated carbocycles. The number of anilines is 3. The largest absolute Gasteiger partial charge is 0.378 e. The van der Waals surface area contributed by atoms with Gasteiger partial charge in [-0.3, -0.25) is 9.59 Å². The minimum Gasteiger partial charge on any atom is -0.378 e. The smallest absolute Gasteiger partial charge is 0.257 e. The van der Waals surface area contributed by atoms with Crippen molar-refractivity contribution in [2.75, 3.05) is 42.3 Å². The van der Waals surface area contributed by atoms with E-state index in [0.717, 1.165) is 49.4 Å². The van der Waals surface area contributed by atoms with Gasteiger partial charge in [-0.25, -0.2) is 0 Å². The highest BCUT2D eigenvalue weighted by molar-refractivity contribution is 6.08. The Labute approximate surface area is 172 Å². The van der Waals surface area contributed by atoms with E-state index in [1.807, 2.05) is 54.2 Å². The third kappa shape index (κ3) is 3.55. The Kier molecular flexibility index (Phi) is 5.18. The van der Waals surface area contributed by atoms with Crippen molar-refractivity contribution in [3.63, 3.8) is 0 Å². The first-order chi connectivity index (χ1) is 14.0. The van der Waals surface area contributed by atoms with E-state index in [9.17, 15) is 9.59 Å². The first-order valence-corrected chi connectivity index (χ1v) is 10.3. The molecular weight excluding hydrogens is 364 g/mol. The fraction of sp³-hybridized carbons (Fsp3) is 0.391. The predicted molar refractivity (Wildman–Crippen MR) is 117 cm³/mol. The van der Waals surface area contributed by atoms with E-state index in [2.05, 4.69) is 17.1 Å². The molecule has 0 radical (unpaired) electrons. The first kappa shape index (κ1) is 19.3. The molecule has 1 fully saturated rings. The molecule has 2 aromatic rings. The molecule has 4 rings (SSSR count). The lowest BCUT2D eigenvalue weighted by Crippen LogP contribution is -2.57. The molecule has 1 N–H and O–H groups in total. The zero-order valence-electron chi connectivity index (χ0n) is 17.3. The molecule has 0 bridgehead atoms. The summed E-state index contributed by atoms with van der Waals surface area (Å²) in [5.41, 5.74) is 3.95. The van der Waals surface area contributed by atoms with Gasteiger partial charge in [0.25, 0.3) is 11.8 Å². The lowest BCUT2D eigenvalue weighted by atomic mass is 9.97. The quantitative estimate of drug-likeness (QED) is 0.860. The van der Waals surface area contributed by atoms with Crippen molar-refractivity contribution in [1.29, 1.82) is 0 Å². The van der Waals surface area contributed by atoms with E-state index >= 15 is 0 Å². The van der Waals surface area contributed by atoms with Gasteiger partial charge >= 0.3 is 0 Å². The predicted octanol–water partition coefficient (Wildman–Crippen LogP) is 3.80. The number of nitrogens with zero attached hydrogens (tertiary/aromatic N) is 3. The Morgan fingerprint density at radius 1 is 1.14 bits per heavy atom. The summed E-state index contributed by atoms with van der Waals surface area (Å²) in [6.07, 6.45) is 3.27. The topological polar surface area (TPSA) is 55.9 Å². The maximum absolute atomic E-state index is 13.0. The summed E-state index contributed by atoms with van der Waals surface area (Å²) in [5, 5.41) is 2.96. The Balaban J connectivity index is 1.60. The van der Waals surface area contributed by atoms with Gasteiger partial charge in [0.15, 0.2) is 0 Å². The van der Waals surface area contributed by atoms with Crippen LogP contribution in [0.2, 0.25) is 0 Å². The summed E-state index contributed by atoms with van der Waals surface area (Å²) in [6, 6.07) is 13.1. The van der Waals surface area contributed by atoms with Crippen molar-refractivity contribution in [2.24, 2.45) is 0 Å². The lowest BCUT2D eigenvalue weighted by Gasteiger charge is -2.47. The molecule has 2 aliphatic heterocycles. The molecule has 2 aliphatic rings. The van der Waals surface area contributed by atoms with Crippen molar-refractivity contribution in [3.05, 3.63) is 53.6 Å². The van der Waals surface area contributed by atoms with Crippen LogP contribution in [0.15, 0.2) is 42.5 Å². The van der Waals surface area contributed by atoms with Gasteiger partial charge in [-0.15, -0.1) is 0 Å². The number of carbonyl (C=O) groups excluding carboxylic acids is 2. The normalized spacial score (nSPS) is 18.2. The molecule has 0 unspecified atom stereocenters. The standard InChI is InChI=1S/C23H28N4O2/c1-4-26-20-15-16(22(28)24-17-9-11-18(12-10-17)25(2)3)8-13-19(20)23(29)27-14-6-5-7-21(26)27/h8-13,15,21H,4-7,14H2,1-3H3,(H,24,28)/t21-/m0/s1. The fourth-order valence-corrected chi connectivity index (χ4v) is 4.31. The summed E-state index contributed by atoms with van der Waals surface area (Å²) >= 11 is 0. The van der Waals surface area contributed by atoms with Crippen LogP contribution in [0.3, 0.4) is 0 Å². The van der Waals surface area contributed by atoms with Gasteiger partial charge in [-0.05, 0) is 68.7 Å². The Hall–Kier alpha value is -3.02. The number of hydrogen-bond acceptors (Lipinski definition) is 4. The van der Waals surface area contributed by atoms with Gasteiger partial charge in [-0.2, -0.15) is 0 Å². The Morgan fingerprint density at radius 2 is 1.90 bits per heavy atom. The summed E-state index contributed by atoms with van der Waals surface area (Å²) < 4.78 is 0. The van der Waals surface area contributed by atoms with Gasteiger partial charge in [0.05, 0.1) is 11.3 Å². The number of fused-ring (bicyclic) bond motifs is 2. The number of rotatable bonds is 4. The summed E-state index contributed by atoms with van der Waals surface area (Å²) in [5.74, 6) is -0.0828. The van der Waals surface area contributed by atoms with Crippen LogP contribution in [-0.4, -0.2) is 50.1 Å². The van der Waals surface area contributed by atoms with Crippen LogP contribution in [0.4, 0.5) is 17.1 Å². The van der Waals surface area contributed by atoms with Gasteiger partial charge in [-0.1, -0.05) is 0 Å². The second-order valence-corrected chi connectivity index (χ2v) is 7.89. The highest BCUT2D eigenvalue weighted by atomic mass is 16.2. The minimum absolute atomic E-state index is 0.0839. The van der Waals surface area contributed by atoms with E-state index < -0.39 is 0 Å². The van der Waals surface area contributed by atoms with Crippen LogP contribution in [0.25, 0.3) is 0 Å². The van der Waals surface area contributed by atoms with Crippen LogP contribution in [0.1, 0.15) is 46.9 Å². The molecule has 2 amide bonds. The fourth-order valence-electron chi connectivity index (χ4n) is 4.31. The van der Waals surface area contributed by atoms with Crippen LogP contribution in [0.5, 0.6) is 0 Å². The Morgan fingerprint density at radius 3 is 2.59 bits per heavy atom. The number of nitrogens with one attached hydrogen (secondary N) is 1. The SMILES string of the molecule is CCN1c2cc(C(=O)Nc3ccc(N(C)C)cc3)ccc2C(=O)N2CCCC[C@H]21. The zero-order valence-corrected chi connectivity index (χ0v) is 17.3. The van der Waals surface area contributed by atoms with Crippen molar-refractivity contribution >= 4 is 28.9 Å². The van der Waals surface area contributed by atoms with Crippen molar-refractivity contribution in [1.82, 2.24) is 4.90 Å². The summed E-state index contributed by atoms with van der Waals surface area (Å²) in [4.78, 5) is 32.1. The number of carbonyl (C=O) groups is 2. The number of hydrogen-bond donors (Lipinski definition) is 1. The maximum atomic E-state index is 13.0. The van der Waals surface area contributed by atoms with Crippen LogP contribution in [0, 0.1) is 0 Å². The number of benzene rings is 2. The lowest BCUT2D eigenvalue weighted by molar-refractivity contribution is 0.0582. The molecule has 6 nitrogen and oxygen atoms in total. The summed E-state index contributed by atoms with van der Waals surface area (Å²) in [6.45, 7) is 3.72. The maximum Gasteiger partial charge on any atom is 0.257 e. The number of amides is 2. The van der Waals surface area contributed by atoms with E-state index in [1.54, 1.807) is 12.1 Å². The molecule has 2 heterocycles. The van der Waals surface area contributed by atoms with Crippen LogP contribution < -0.4 is 15.1 Å². The highest BCUT2D eigenvalue weighted by Gasteiger charge is 2.38. The molecule has 6 heteroatoms. The zero-order chi connectivity index (χ0) is 20.5. The first-order valence-electron chi connectivity index (χ1n) is 10.3. The average molecular weight is 393 g/mol. The molecule has 152 valence electrons. The van der Waals surface area contributed by atoms with Gasteiger partial charge in [0.2, 0.25) is 0 Å². The van der Waals surface area contributed by atoms with Crippen molar-refractivity contribution in [3.8, 4) is 0 Å². The number of piperidine rings is 1. The minimum atomic E-state index is -0.167. The second-order valence-electron chi connectivity index (χ2n) is 7.89. The van der Waals surface area contributed by atoms with Crippen LogP contribution >= 0.6 is 0 Å². The van der Waals surface area contributed by atoms with E-state index in [0.29, 0.717) is 11.1 Å². The molecule has 0 spiro atoms. The van der Waals surface area contributed by atoms with Gasteiger partial charge < -0.3 is 20.0 Å². The van der Waals surface area contributed by atoms with E-state index in [4.69, 9.17) is 0 Å². The molecular formula is C23H28N4O2. The monoisotopic (exact) mass is 392 g/mol. The third-order valence-electron chi connectivity index (χ3n) is 5.87. The van der Waals surface area contributed by atoms with Gasteiger partial charge in [0.1, 0.15) is 6.17 Å².